The summed E-state index contributed by atoms with van der Waals surface area (Å²) in [6.07, 6.45) is 2.87. The number of aryl methyl sites for hydroxylation is 1. The van der Waals surface area contributed by atoms with E-state index in [1.165, 1.54) is 18.2 Å². The first-order chi connectivity index (χ1) is 11.0. The van der Waals surface area contributed by atoms with Gasteiger partial charge in [0.05, 0.1) is 12.0 Å². The average molecular weight is 320 g/mol. The Morgan fingerprint density at radius 3 is 2.83 bits per heavy atom. The molecular formula is C19H22F2O2. The monoisotopic (exact) mass is 320 g/mol. The van der Waals surface area contributed by atoms with Gasteiger partial charge in [0.15, 0.2) is 0 Å². The molecule has 0 heterocycles. The molecule has 0 saturated heterocycles. The molecule has 23 heavy (non-hydrogen) atoms. The maximum absolute atomic E-state index is 14.3. The van der Waals surface area contributed by atoms with Gasteiger partial charge in [-0.2, -0.15) is 8.78 Å². The minimum absolute atomic E-state index is 0.136. The predicted octanol–water partition coefficient (Wildman–Crippen LogP) is 3.98. The number of hydrogen-bond donors (Lipinski definition) is 0. The van der Waals surface area contributed by atoms with Crippen LogP contribution in [0.15, 0.2) is 24.3 Å². The van der Waals surface area contributed by atoms with Crippen molar-refractivity contribution in [2.45, 2.75) is 43.9 Å². The Morgan fingerprint density at radius 2 is 2.04 bits per heavy atom. The van der Waals surface area contributed by atoms with Gasteiger partial charge in [-0.05, 0) is 54.6 Å². The number of halogens is 2. The number of methoxy groups -OCH3 is 1. The lowest BCUT2D eigenvalue weighted by atomic mass is 9.55. The molecule has 2 nitrogen and oxygen atoms in total. The molecule has 4 rings (SSSR count). The highest BCUT2D eigenvalue weighted by molar-refractivity contribution is 5.94. The van der Waals surface area contributed by atoms with Gasteiger partial charge in [-0.15, -0.1) is 0 Å². The summed E-state index contributed by atoms with van der Waals surface area (Å²) in [6.45, 7) is 0.136. The molecule has 1 aromatic rings. The van der Waals surface area contributed by atoms with Crippen LogP contribution < -0.4 is 0 Å². The van der Waals surface area contributed by atoms with Gasteiger partial charge in [-0.1, -0.05) is 24.3 Å². The van der Waals surface area contributed by atoms with E-state index in [2.05, 4.69) is 12.1 Å². The van der Waals surface area contributed by atoms with Crippen LogP contribution in [0, 0.1) is 17.3 Å². The third-order valence-electron chi connectivity index (χ3n) is 6.51. The van der Waals surface area contributed by atoms with Gasteiger partial charge in [-0.25, -0.2) is 0 Å². The van der Waals surface area contributed by atoms with Crippen molar-refractivity contribution in [3.63, 3.8) is 0 Å². The lowest BCUT2D eigenvalue weighted by Gasteiger charge is -2.48. The molecule has 4 atom stereocenters. The molecule has 2 fully saturated rings. The maximum atomic E-state index is 14.3. The summed E-state index contributed by atoms with van der Waals surface area (Å²) in [4.78, 5) is 12.5. The van der Waals surface area contributed by atoms with Crippen molar-refractivity contribution < 1.29 is 18.3 Å². The van der Waals surface area contributed by atoms with Crippen LogP contribution in [0.2, 0.25) is 0 Å². The van der Waals surface area contributed by atoms with Crippen molar-refractivity contribution in [3.8, 4) is 0 Å². The highest BCUT2D eigenvalue weighted by Gasteiger charge is 2.67. The van der Waals surface area contributed by atoms with E-state index in [0.717, 1.165) is 19.3 Å². The molecule has 1 aromatic carbocycles. The van der Waals surface area contributed by atoms with E-state index < -0.39 is 17.1 Å². The second-order valence-electron chi connectivity index (χ2n) is 7.48. The van der Waals surface area contributed by atoms with E-state index in [-0.39, 0.29) is 24.9 Å². The van der Waals surface area contributed by atoms with E-state index >= 15 is 0 Å². The van der Waals surface area contributed by atoms with E-state index in [1.54, 1.807) is 0 Å². The fraction of sp³-hybridized carbons (Fsp3) is 0.632. The molecule has 0 spiro atoms. The van der Waals surface area contributed by atoms with E-state index in [9.17, 15) is 13.6 Å². The Labute approximate surface area is 135 Å². The summed E-state index contributed by atoms with van der Waals surface area (Å²) in [5, 5.41) is 0. The molecule has 0 aliphatic heterocycles. The second-order valence-corrected chi connectivity index (χ2v) is 7.48. The number of alkyl halides is 2. The molecule has 0 N–H and O–H groups in total. The lowest BCUT2D eigenvalue weighted by Crippen LogP contribution is -2.48. The Kier molecular flexibility index (Phi) is 3.38. The standard InChI is InChI=1S/C19H22F2O2/c1-23-11-18-9-8-14-13-5-3-2-4-12(13)6-7-15(14)16(18)10-19(20,21)17(18)22/h2-5,14-16H,6-11H2,1H3/t14-,15-,16+,18-/m1/s1. The average Bonchev–Trinajstić information content (AvgIpc) is 2.75. The van der Waals surface area contributed by atoms with Crippen molar-refractivity contribution in [2.24, 2.45) is 17.3 Å². The summed E-state index contributed by atoms with van der Waals surface area (Å²) < 4.78 is 33.8. The quantitative estimate of drug-likeness (QED) is 0.824. The molecule has 4 heteroatoms. The fourth-order valence-electron chi connectivity index (χ4n) is 5.60. The van der Waals surface area contributed by atoms with Crippen molar-refractivity contribution in [1.82, 2.24) is 0 Å². The molecule has 2 saturated carbocycles. The zero-order valence-corrected chi connectivity index (χ0v) is 13.4. The van der Waals surface area contributed by atoms with Gasteiger partial charge in [0.25, 0.3) is 0 Å². The van der Waals surface area contributed by atoms with Crippen LogP contribution in [-0.2, 0) is 16.0 Å². The molecule has 0 radical (unpaired) electrons. The van der Waals surface area contributed by atoms with Gasteiger partial charge in [0.2, 0.25) is 5.78 Å². The van der Waals surface area contributed by atoms with Crippen LogP contribution in [0.4, 0.5) is 8.78 Å². The second kappa shape index (κ2) is 5.10. The number of fused-ring (bicyclic) bond motifs is 5. The first-order valence-corrected chi connectivity index (χ1v) is 8.49. The van der Waals surface area contributed by atoms with Crippen molar-refractivity contribution >= 4 is 5.78 Å². The minimum Gasteiger partial charge on any atom is -0.384 e. The summed E-state index contributed by atoms with van der Waals surface area (Å²) in [5.74, 6) is -3.82. The van der Waals surface area contributed by atoms with E-state index in [1.807, 2.05) is 12.1 Å². The molecule has 0 bridgehead atoms. The smallest absolute Gasteiger partial charge is 0.306 e. The van der Waals surface area contributed by atoms with Crippen molar-refractivity contribution in [2.75, 3.05) is 13.7 Å². The normalized spacial score (nSPS) is 37.9. The number of benzene rings is 1. The molecule has 0 aromatic heterocycles. The molecule has 0 unspecified atom stereocenters. The first-order valence-electron chi connectivity index (χ1n) is 8.49. The largest absolute Gasteiger partial charge is 0.384 e. The summed E-state index contributed by atoms with van der Waals surface area (Å²) in [5.41, 5.74) is 1.70. The maximum Gasteiger partial charge on any atom is 0.306 e. The van der Waals surface area contributed by atoms with Gasteiger partial charge in [-0.3, -0.25) is 4.79 Å². The third-order valence-corrected chi connectivity index (χ3v) is 6.51. The van der Waals surface area contributed by atoms with Crippen LogP contribution >= 0.6 is 0 Å². The van der Waals surface area contributed by atoms with Crippen LogP contribution in [0.3, 0.4) is 0 Å². The van der Waals surface area contributed by atoms with E-state index in [0.29, 0.717) is 12.3 Å². The Hall–Kier alpha value is -1.29. The number of rotatable bonds is 2. The van der Waals surface area contributed by atoms with Crippen molar-refractivity contribution in [3.05, 3.63) is 35.4 Å². The van der Waals surface area contributed by atoms with Crippen molar-refractivity contribution in [1.29, 1.82) is 0 Å². The van der Waals surface area contributed by atoms with E-state index in [4.69, 9.17) is 4.74 Å². The molecule has 124 valence electrons. The third kappa shape index (κ3) is 2.03. The number of carbonyl (C=O) groups is 1. The molecule has 3 aliphatic rings. The molecule has 3 aliphatic carbocycles. The zero-order valence-electron chi connectivity index (χ0n) is 13.4. The van der Waals surface area contributed by atoms with Gasteiger partial charge in [0.1, 0.15) is 0 Å². The van der Waals surface area contributed by atoms with Crippen LogP contribution in [0.1, 0.15) is 42.7 Å². The van der Waals surface area contributed by atoms with Gasteiger partial charge in [0, 0.05) is 13.5 Å². The molecule has 0 amide bonds. The highest BCUT2D eigenvalue weighted by Crippen LogP contribution is 2.62. The summed E-state index contributed by atoms with van der Waals surface area (Å²) >= 11 is 0. The molecular weight excluding hydrogens is 298 g/mol. The fourth-order valence-corrected chi connectivity index (χ4v) is 5.60. The minimum atomic E-state index is -3.19. The Bertz CT molecular complexity index is 642. The number of ether oxygens (including phenoxy) is 1. The number of carbonyl (C=O) groups excluding carboxylic acids is 1. The SMILES string of the molecule is COC[C@]12CC[C@@H]3c4ccccc4CC[C@H]3[C@@H]1CC(F)(F)C2=O. The topological polar surface area (TPSA) is 26.3 Å². The number of Topliss-reactive ketones (excluding diaryl/α,β-unsaturated/α-hetero) is 1. The zero-order chi connectivity index (χ0) is 16.2. The number of ketones is 1. The Balaban J connectivity index is 1.75. The van der Waals surface area contributed by atoms with Gasteiger partial charge < -0.3 is 4.74 Å². The Morgan fingerprint density at radius 1 is 1.26 bits per heavy atom. The summed E-state index contributed by atoms with van der Waals surface area (Å²) in [7, 11) is 1.51. The first kappa shape index (κ1) is 15.3. The van der Waals surface area contributed by atoms with Crippen LogP contribution in [0.25, 0.3) is 0 Å². The summed E-state index contributed by atoms with van der Waals surface area (Å²) in [6, 6.07) is 8.37. The lowest BCUT2D eigenvalue weighted by molar-refractivity contribution is -0.150. The van der Waals surface area contributed by atoms with Crippen LogP contribution in [-0.4, -0.2) is 25.4 Å². The predicted molar refractivity (Wildman–Crippen MR) is 82.6 cm³/mol. The van der Waals surface area contributed by atoms with Gasteiger partial charge >= 0.3 is 5.92 Å². The number of hydrogen-bond acceptors (Lipinski definition) is 2. The van der Waals surface area contributed by atoms with Crippen LogP contribution in [0.5, 0.6) is 0 Å². The highest BCUT2D eigenvalue weighted by atomic mass is 19.3.